The number of hydrogen-bond acceptors (Lipinski definition) is 7. The number of amides is 3. The molecule has 10 heteroatoms. The Hall–Kier alpha value is -5.41. The minimum Gasteiger partial charge on any atom is -0.462 e. The Bertz CT molecular complexity index is 1700. The van der Waals surface area contributed by atoms with E-state index in [1.807, 2.05) is 49.4 Å². The van der Waals surface area contributed by atoms with E-state index >= 15 is 0 Å². The van der Waals surface area contributed by atoms with Crippen LogP contribution in [0, 0.1) is 0 Å². The number of hydrogen-bond donors (Lipinski definition) is 3. The smallest absolute Gasteiger partial charge is 0.338 e. The van der Waals surface area contributed by atoms with Crippen molar-refractivity contribution < 1.29 is 23.9 Å². The minimum atomic E-state index is -0.728. The van der Waals surface area contributed by atoms with Crippen molar-refractivity contribution in [2.45, 2.75) is 13.3 Å². The Kier molecular flexibility index (Phi) is 8.83. The first-order valence-electron chi connectivity index (χ1n) is 13.5. The molecule has 9 nitrogen and oxygen atoms in total. The van der Waals surface area contributed by atoms with Crippen LogP contribution in [0.3, 0.4) is 0 Å². The summed E-state index contributed by atoms with van der Waals surface area (Å²) in [5.74, 6) is -2.28. The number of nitrogens with one attached hydrogen (secondary N) is 3. The Labute approximate surface area is 253 Å². The molecule has 0 atom stereocenters. The number of anilines is 5. The normalized spacial score (nSPS) is 12.7. The topological polar surface area (TPSA) is 117 Å². The zero-order valence-electron chi connectivity index (χ0n) is 23.1. The minimum absolute atomic E-state index is 0.118. The van der Waals surface area contributed by atoms with Gasteiger partial charge in [0.05, 0.1) is 17.9 Å². The van der Waals surface area contributed by atoms with Crippen molar-refractivity contribution in [2.24, 2.45) is 0 Å². The number of para-hydroxylation sites is 1. The van der Waals surface area contributed by atoms with E-state index in [4.69, 9.17) is 16.3 Å². The van der Waals surface area contributed by atoms with Crippen LogP contribution < -0.4 is 20.9 Å². The van der Waals surface area contributed by atoms with Crippen molar-refractivity contribution in [2.75, 3.05) is 27.5 Å². The first kappa shape index (κ1) is 29.1. The standard InChI is InChI=1S/C33H27ClN4O5/c1-2-19-43-33(42)22-7-6-10-27(20-22)38-31(40)28(34)29(32(38)41)36-25-13-11-21(12-14-25)30(39)37-26-17-15-24(16-18-26)35-23-8-4-3-5-9-23/h3-18,20,35-36H,2,19H2,1H3,(H,37,39). The molecule has 1 aliphatic heterocycles. The van der Waals surface area contributed by atoms with Crippen LogP contribution in [0.1, 0.15) is 34.1 Å². The Morgan fingerprint density at radius 1 is 0.721 bits per heavy atom. The zero-order valence-corrected chi connectivity index (χ0v) is 23.9. The van der Waals surface area contributed by atoms with Crippen LogP contribution in [-0.2, 0) is 14.3 Å². The number of carbonyl (C=O) groups is 4. The van der Waals surface area contributed by atoms with E-state index in [-0.39, 0.29) is 34.5 Å². The van der Waals surface area contributed by atoms with Crippen LogP contribution in [0.15, 0.2) is 114 Å². The summed E-state index contributed by atoms with van der Waals surface area (Å²) in [6, 6.07) is 29.5. The number of halogens is 1. The molecular weight excluding hydrogens is 568 g/mol. The summed E-state index contributed by atoms with van der Waals surface area (Å²) in [5, 5.41) is 8.73. The second-order valence-electron chi connectivity index (χ2n) is 9.55. The van der Waals surface area contributed by atoms with Gasteiger partial charge in [0.2, 0.25) is 0 Å². The average Bonchev–Trinajstić information content (AvgIpc) is 3.24. The summed E-state index contributed by atoms with van der Waals surface area (Å²) >= 11 is 6.26. The van der Waals surface area contributed by atoms with Crippen molar-refractivity contribution in [1.82, 2.24) is 0 Å². The van der Waals surface area contributed by atoms with Gasteiger partial charge in [-0.3, -0.25) is 14.4 Å². The Balaban J connectivity index is 1.22. The van der Waals surface area contributed by atoms with Gasteiger partial charge < -0.3 is 20.7 Å². The fraction of sp³-hybridized carbons (Fsp3) is 0.0909. The van der Waals surface area contributed by atoms with E-state index in [0.29, 0.717) is 23.4 Å². The zero-order chi connectivity index (χ0) is 30.3. The maximum atomic E-state index is 13.2. The van der Waals surface area contributed by atoms with E-state index in [0.717, 1.165) is 16.3 Å². The molecule has 3 amide bonds. The largest absolute Gasteiger partial charge is 0.462 e. The van der Waals surface area contributed by atoms with Gasteiger partial charge >= 0.3 is 5.97 Å². The second kappa shape index (κ2) is 13.1. The van der Waals surface area contributed by atoms with E-state index in [1.54, 1.807) is 42.5 Å². The third kappa shape index (κ3) is 6.74. The van der Waals surface area contributed by atoms with Gasteiger partial charge in [0.1, 0.15) is 10.7 Å². The number of imide groups is 1. The molecular formula is C33H27ClN4O5. The fourth-order valence-corrected chi connectivity index (χ4v) is 4.49. The highest BCUT2D eigenvalue weighted by atomic mass is 35.5. The van der Waals surface area contributed by atoms with Crippen molar-refractivity contribution in [1.29, 1.82) is 0 Å². The predicted octanol–water partition coefficient (Wildman–Crippen LogP) is 6.69. The summed E-state index contributed by atoms with van der Waals surface area (Å²) in [6.45, 7) is 2.13. The van der Waals surface area contributed by atoms with Crippen LogP contribution in [0.25, 0.3) is 0 Å². The lowest BCUT2D eigenvalue weighted by atomic mass is 10.1. The number of benzene rings is 4. The van der Waals surface area contributed by atoms with E-state index in [2.05, 4.69) is 16.0 Å². The number of nitrogens with zero attached hydrogens (tertiary/aromatic N) is 1. The molecule has 0 aromatic heterocycles. The maximum absolute atomic E-state index is 13.2. The first-order chi connectivity index (χ1) is 20.8. The third-order valence-corrected chi connectivity index (χ3v) is 6.78. The van der Waals surface area contributed by atoms with Crippen LogP contribution in [0.5, 0.6) is 0 Å². The average molecular weight is 595 g/mol. The quantitative estimate of drug-likeness (QED) is 0.138. The van der Waals surface area contributed by atoms with Gasteiger partial charge in [-0.15, -0.1) is 0 Å². The van der Waals surface area contributed by atoms with Crippen LogP contribution >= 0.6 is 11.6 Å². The lowest BCUT2D eigenvalue weighted by molar-refractivity contribution is -0.120. The molecule has 0 radical (unpaired) electrons. The van der Waals surface area contributed by atoms with Crippen molar-refractivity contribution in [3.05, 3.63) is 125 Å². The lowest BCUT2D eigenvalue weighted by Gasteiger charge is -2.16. The van der Waals surface area contributed by atoms with Crippen molar-refractivity contribution in [3.63, 3.8) is 0 Å². The monoisotopic (exact) mass is 594 g/mol. The molecule has 0 unspecified atom stereocenters. The molecule has 0 fully saturated rings. The Morgan fingerprint density at radius 2 is 1.35 bits per heavy atom. The molecule has 0 spiro atoms. The molecule has 0 saturated carbocycles. The van der Waals surface area contributed by atoms with Gasteiger partial charge in [-0.05, 0) is 85.3 Å². The molecule has 0 saturated heterocycles. The van der Waals surface area contributed by atoms with Gasteiger partial charge in [0.15, 0.2) is 0 Å². The Morgan fingerprint density at radius 3 is 2.05 bits per heavy atom. The number of rotatable bonds is 10. The molecule has 3 N–H and O–H groups in total. The number of esters is 1. The van der Waals surface area contributed by atoms with Gasteiger partial charge in [-0.1, -0.05) is 42.8 Å². The van der Waals surface area contributed by atoms with Crippen molar-refractivity contribution >= 4 is 63.7 Å². The first-order valence-corrected chi connectivity index (χ1v) is 13.9. The molecule has 216 valence electrons. The summed E-state index contributed by atoms with van der Waals surface area (Å²) in [7, 11) is 0. The molecule has 0 bridgehead atoms. The fourth-order valence-electron chi connectivity index (χ4n) is 4.27. The summed E-state index contributed by atoms with van der Waals surface area (Å²) in [6.07, 6.45) is 0.663. The lowest BCUT2D eigenvalue weighted by Crippen LogP contribution is -2.32. The summed E-state index contributed by atoms with van der Waals surface area (Å²) in [5.41, 5.74) is 3.57. The second-order valence-corrected chi connectivity index (χ2v) is 9.92. The van der Waals surface area contributed by atoms with Crippen LogP contribution in [0.4, 0.5) is 28.4 Å². The molecule has 0 aliphatic carbocycles. The molecule has 43 heavy (non-hydrogen) atoms. The van der Waals surface area contributed by atoms with E-state index in [9.17, 15) is 19.2 Å². The van der Waals surface area contributed by atoms with Crippen LogP contribution in [0.2, 0.25) is 0 Å². The highest BCUT2D eigenvalue weighted by Crippen LogP contribution is 2.31. The summed E-state index contributed by atoms with van der Waals surface area (Å²) < 4.78 is 5.15. The highest BCUT2D eigenvalue weighted by molar-refractivity contribution is 6.53. The molecule has 4 aromatic carbocycles. The van der Waals surface area contributed by atoms with E-state index in [1.165, 1.54) is 18.2 Å². The third-order valence-electron chi connectivity index (χ3n) is 6.43. The molecule has 4 aromatic rings. The predicted molar refractivity (Wildman–Crippen MR) is 167 cm³/mol. The van der Waals surface area contributed by atoms with Gasteiger partial charge in [0.25, 0.3) is 17.7 Å². The number of ether oxygens (including phenoxy) is 1. The summed E-state index contributed by atoms with van der Waals surface area (Å²) in [4.78, 5) is 52.1. The van der Waals surface area contributed by atoms with Gasteiger partial charge in [0, 0.05) is 28.3 Å². The molecule has 1 aliphatic rings. The van der Waals surface area contributed by atoms with Gasteiger partial charge in [-0.2, -0.15) is 0 Å². The van der Waals surface area contributed by atoms with Crippen LogP contribution in [-0.4, -0.2) is 30.3 Å². The van der Waals surface area contributed by atoms with Gasteiger partial charge in [-0.25, -0.2) is 9.69 Å². The van der Waals surface area contributed by atoms with Crippen molar-refractivity contribution in [3.8, 4) is 0 Å². The number of carbonyl (C=O) groups excluding carboxylic acids is 4. The SMILES string of the molecule is CCCOC(=O)c1cccc(N2C(=O)C(Cl)=C(Nc3ccc(C(=O)Nc4ccc(Nc5ccccc5)cc4)cc3)C2=O)c1. The molecule has 1 heterocycles. The highest BCUT2D eigenvalue weighted by Gasteiger charge is 2.39. The maximum Gasteiger partial charge on any atom is 0.338 e. The van der Waals surface area contributed by atoms with E-state index < -0.39 is 17.8 Å². The molecule has 5 rings (SSSR count).